The Kier molecular flexibility index (Phi) is 6.50. The minimum Gasteiger partial charge on any atom is -0.485 e. The molecule has 0 aliphatic rings. The zero-order chi connectivity index (χ0) is 16.9. The van der Waals surface area contributed by atoms with E-state index in [4.69, 9.17) is 4.74 Å². The summed E-state index contributed by atoms with van der Waals surface area (Å²) in [6, 6.07) is 11.6. The van der Waals surface area contributed by atoms with Gasteiger partial charge in [0.2, 0.25) is 0 Å². The molecule has 7 heteroatoms. The van der Waals surface area contributed by atoms with Crippen LogP contribution >= 0.6 is 23.7 Å². The number of halogens is 1. The van der Waals surface area contributed by atoms with E-state index in [1.165, 1.54) is 18.3 Å². The molecule has 25 heavy (non-hydrogen) atoms. The number of rotatable bonds is 6. The molecule has 1 aromatic carbocycles. The number of carbonyl (C=O) groups is 1. The highest BCUT2D eigenvalue weighted by Gasteiger charge is 2.12. The second-order valence-electron chi connectivity index (χ2n) is 5.32. The summed E-state index contributed by atoms with van der Waals surface area (Å²) in [7, 11) is 0. The molecule has 0 bridgehead atoms. The van der Waals surface area contributed by atoms with Crippen molar-refractivity contribution in [3.63, 3.8) is 0 Å². The second kappa shape index (κ2) is 8.60. The lowest BCUT2D eigenvalue weighted by atomic mass is 10.2. The first-order valence-electron chi connectivity index (χ1n) is 7.48. The fourth-order valence-corrected chi connectivity index (χ4v) is 2.78. The summed E-state index contributed by atoms with van der Waals surface area (Å²) < 4.78 is 5.89. The van der Waals surface area contributed by atoms with Gasteiger partial charge in [-0.25, -0.2) is 9.97 Å². The highest BCUT2D eigenvalue weighted by atomic mass is 35.5. The maximum absolute atomic E-state index is 11.6. The van der Waals surface area contributed by atoms with Crippen molar-refractivity contribution in [1.29, 1.82) is 0 Å². The molecular weight excluding hydrogens is 358 g/mol. The fraction of sp³-hybridized carbons (Fsp3) is 0.167. The van der Waals surface area contributed by atoms with Gasteiger partial charge in [0.1, 0.15) is 6.61 Å². The molecule has 0 aliphatic heterocycles. The number of pyridine rings is 1. The Morgan fingerprint density at radius 3 is 2.68 bits per heavy atom. The van der Waals surface area contributed by atoms with E-state index in [1.54, 1.807) is 12.3 Å². The molecule has 3 rings (SSSR count). The molecule has 0 spiro atoms. The summed E-state index contributed by atoms with van der Waals surface area (Å²) in [5.74, 6) is 1.02. The van der Waals surface area contributed by atoms with Crippen molar-refractivity contribution in [1.82, 2.24) is 9.97 Å². The number of carbonyl (C=O) groups excluding carboxylic acids is 1. The number of nitrogens with zero attached hydrogens (tertiary/aromatic N) is 2. The van der Waals surface area contributed by atoms with Gasteiger partial charge in [-0.3, -0.25) is 4.79 Å². The first kappa shape index (κ1) is 18.9. The van der Waals surface area contributed by atoms with E-state index in [-0.39, 0.29) is 18.2 Å². The molecule has 5 nitrogen and oxygen atoms in total. The van der Waals surface area contributed by atoms with Crippen molar-refractivity contribution in [3.05, 3.63) is 64.8 Å². The maximum atomic E-state index is 11.6. The van der Waals surface area contributed by atoms with Crippen LogP contribution in [0.5, 0.6) is 5.75 Å². The van der Waals surface area contributed by atoms with Crippen LogP contribution in [0.25, 0.3) is 0 Å². The number of aryl methyl sites for hydroxylation is 1. The zero-order valence-electron chi connectivity index (χ0n) is 13.9. The topological polar surface area (TPSA) is 64.1 Å². The van der Waals surface area contributed by atoms with Gasteiger partial charge in [0.15, 0.2) is 22.5 Å². The summed E-state index contributed by atoms with van der Waals surface area (Å²) in [4.78, 5) is 20.3. The van der Waals surface area contributed by atoms with Gasteiger partial charge in [0.25, 0.3) is 0 Å². The van der Waals surface area contributed by atoms with Crippen molar-refractivity contribution in [2.45, 2.75) is 20.5 Å². The number of thiazole rings is 1. The quantitative estimate of drug-likeness (QED) is 0.627. The predicted molar refractivity (Wildman–Crippen MR) is 102 cm³/mol. The SMILES string of the molecule is CC(=O)c1cnc(Nc2nc(C)cs2)c(OCc2ccccc2)c1.Cl. The molecule has 0 fully saturated rings. The average Bonchev–Trinajstić information content (AvgIpc) is 2.99. The van der Waals surface area contributed by atoms with Gasteiger partial charge >= 0.3 is 0 Å². The van der Waals surface area contributed by atoms with Crippen LogP contribution in [0.3, 0.4) is 0 Å². The van der Waals surface area contributed by atoms with Gasteiger partial charge in [0.05, 0.1) is 5.69 Å². The van der Waals surface area contributed by atoms with Crippen LogP contribution in [0.2, 0.25) is 0 Å². The van der Waals surface area contributed by atoms with E-state index >= 15 is 0 Å². The van der Waals surface area contributed by atoms with E-state index in [0.717, 1.165) is 16.4 Å². The molecule has 2 heterocycles. The Morgan fingerprint density at radius 1 is 1.28 bits per heavy atom. The highest BCUT2D eigenvalue weighted by molar-refractivity contribution is 7.13. The molecule has 1 N–H and O–H groups in total. The number of hydrogen-bond donors (Lipinski definition) is 1. The van der Waals surface area contributed by atoms with E-state index in [9.17, 15) is 4.79 Å². The molecule has 130 valence electrons. The molecule has 0 saturated carbocycles. The standard InChI is InChI=1S/C18H17N3O2S.ClH/c1-12-11-24-18(20-12)21-17-16(8-15(9-19-17)13(2)22)23-10-14-6-4-3-5-7-14;/h3-9,11H,10H2,1-2H3,(H,19,20,21);1H. The van der Waals surface area contributed by atoms with Gasteiger partial charge in [-0.1, -0.05) is 30.3 Å². The lowest BCUT2D eigenvalue weighted by molar-refractivity contribution is 0.101. The first-order chi connectivity index (χ1) is 11.6. The van der Waals surface area contributed by atoms with E-state index in [2.05, 4.69) is 15.3 Å². The molecule has 0 unspecified atom stereocenters. The van der Waals surface area contributed by atoms with Crippen LogP contribution in [0, 0.1) is 6.92 Å². The number of ketones is 1. The number of aromatic nitrogens is 2. The molecular formula is C18H18ClN3O2S. The number of ether oxygens (including phenoxy) is 1. The number of nitrogens with one attached hydrogen (secondary N) is 1. The Balaban J connectivity index is 0.00000225. The number of Topliss-reactive ketones (excluding diaryl/α,β-unsaturated/α-hetero) is 1. The molecule has 3 aromatic rings. The number of benzene rings is 1. The van der Waals surface area contributed by atoms with E-state index in [1.807, 2.05) is 42.6 Å². The summed E-state index contributed by atoms with van der Waals surface area (Å²) in [6.07, 6.45) is 1.54. The van der Waals surface area contributed by atoms with Crippen LogP contribution in [0.15, 0.2) is 48.0 Å². The monoisotopic (exact) mass is 375 g/mol. The fourth-order valence-electron chi connectivity index (χ4n) is 2.09. The lowest BCUT2D eigenvalue weighted by Crippen LogP contribution is -2.03. The van der Waals surface area contributed by atoms with Crippen molar-refractivity contribution in [2.75, 3.05) is 5.32 Å². The molecule has 0 saturated heterocycles. The second-order valence-corrected chi connectivity index (χ2v) is 6.18. The molecule has 0 aliphatic carbocycles. The molecule has 0 radical (unpaired) electrons. The van der Waals surface area contributed by atoms with E-state index in [0.29, 0.717) is 23.7 Å². The smallest absolute Gasteiger partial charge is 0.188 e. The van der Waals surface area contributed by atoms with Gasteiger partial charge in [0, 0.05) is 17.1 Å². The predicted octanol–water partition coefficient (Wildman–Crippen LogP) is 4.79. The van der Waals surface area contributed by atoms with Crippen molar-refractivity contribution < 1.29 is 9.53 Å². The minimum absolute atomic E-state index is 0. The van der Waals surface area contributed by atoms with Crippen LogP contribution in [0.4, 0.5) is 10.9 Å². The minimum atomic E-state index is -0.0521. The highest BCUT2D eigenvalue weighted by Crippen LogP contribution is 2.29. The van der Waals surface area contributed by atoms with Crippen molar-refractivity contribution in [2.24, 2.45) is 0 Å². The number of anilines is 2. The van der Waals surface area contributed by atoms with Crippen LogP contribution in [0.1, 0.15) is 28.5 Å². The Bertz CT molecular complexity index is 853. The lowest BCUT2D eigenvalue weighted by Gasteiger charge is -2.12. The van der Waals surface area contributed by atoms with Crippen molar-refractivity contribution >= 4 is 40.5 Å². The van der Waals surface area contributed by atoms with Gasteiger partial charge in [-0.05, 0) is 25.5 Å². The third-order valence-corrected chi connectivity index (χ3v) is 4.22. The third-order valence-electron chi connectivity index (χ3n) is 3.34. The van der Waals surface area contributed by atoms with Crippen LogP contribution in [-0.4, -0.2) is 15.8 Å². The summed E-state index contributed by atoms with van der Waals surface area (Å²) in [5, 5.41) is 5.85. The zero-order valence-corrected chi connectivity index (χ0v) is 15.5. The maximum Gasteiger partial charge on any atom is 0.188 e. The first-order valence-corrected chi connectivity index (χ1v) is 8.36. The van der Waals surface area contributed by atoms with Crippen LogP contribution < -0.4 is 10.1 Å². The largest absolute Gasteiger partial charge is 0.485 e. The van der Waals surface area contributed by atoms with Gasteiger partial charge in [-0.2, -0.15) is 0 Å². The van der Waals surface area contributed by atoms with Gasteiger partial charge < -0.3 is 10.1 Å². The molecule has 2 aromatic heterocycles. The molecule has 0 atom stereocenters. The normalized spacial score (nSPS) is 10.0. The number of hydrogen-bond acceptors (Lipinski definition) is 6. The molecule has 0 amide bonds. The van der Waals surface area contributed by atoms with E-state index < -0.39 is 0 Å². The summed E-state index contributed by atoms with van der Waals surface area (Å²) >= 11 is 1.49. The Hall–Kier alpha value is -2.44. The Morgan fingerprint density at radius 2 is 2.04 bits per heavy atom. The third kappa shape index (κ3) is 5.01. The van der Waals surface area contributed by atoms with Crippen molar-refractivity contribution in [3.8, 4) is 5.75 Å². The summed E-state index contributed by atoms with van der Waals surface area (Å²) in [6.45, 7) is 3.84. The Labute approximate surface area is 156 Å². The van der Waals surface area contributed by atoms with Gasteiger partial charge in [-0.15, -0.1) is 23.7 Å². The van der Waals surface area contributed by atoms with Crippen LogP contribution in [-0.2, 0) is 6.61 Å². The summed E-state index contributed by atoms with van der Waals surface area (Å²) in [5.41, 5.74) is 2.50. The average molecular weight is 376 g/mol.